The minimum absolute atomic E-state index is 0.0508. The van der Waals surface area contributed by atoms with E-state index in [0.29, 0.717) is 43.1 Å². The summed E-state index contributed by atoms with van der Waals surface area (Å²) in [4.78, 5) is 38.7. The Hall–Kier alpha value is -2.96. The molecule has 1 aliphatic rings. The average Bonchev–Trinajstić information content (AvgIpc) is 2.80. The number of hydrogen-bond acceptors (Lipinski definition) is 5. The Balaban J connectivity index is 1.78. The standard InChI is InChI=1S/C24H32N4O3/c1-5-27(6-2)24(30)20-16-25-23(26-17(20)3)21-9-7-8-14-28(21)22(29)15-18-10-12-19(31-4)13-11-18/h10-13,16,21H,5-9,14-15H2,1-4H3/t21-/m1/s1. The third-order valence-corrected chi connectivity index (χ3v) is 5.91. The highest BCUT2D eigenvalue weighted by Crippen LogP contribution is 2.30. The fraction of sp³-hybridized carbons (Fsp3) is 0.500. The van der Waals surface area contributed by atoms with Crippen LogP contribution in [0.3, 0.4) is 0 Å². The van der Waals surface area contributed by atoms with Crippen molar-refractivity contribution >= 4 is 11.8 Å². The first-order chi connectivity index (χ1) is 15.0. The van der Waals surface area contributed by atoms with E-state index in [0.717, 1.165) is 30.6 Å². The molecule has 2 heterocycles. The molecule has 166 valence electrons. The molecule has 1 aromatic heterocycles. The zero-order valence-electron chi connectivity index (χ0n) is 18.9. The lowest BCUT2D eigenvalue weighted by molar-refractivity contribution is -0.134. The predicted octanol–water partition coefficient (Wildman–Crippen LogP) is 3.57. The van der Waals surface area contributed by atoms with Crippen molar-refractivity contribution in [3.63, 3.8) is 0 Å². The second-order valence-corrected chi connectivity index (χ2v) is 7.83. The Bertz CT molecular complexity index is 910. The average molecular weight is 425 g/mol. The van der Waals surface area contributed by atoms with Crippen LogP contribution in [0.25, 0.3) is 0 Å². The van der Waals surface area contributed by atoms with Gasteiger partial charge in [0.25, 0.3) is 5.91 Å². The van der Waals surface area contributed by atoms with Crippen LogP contribution in [0.4, 0.5) is 0 Å². The fourth-order valence-corrected chi connectivity index (χ4v) is 4.05. The third kappa shape index (κ3) is 5.21. The van der Waals surface area contributed by atoms with Crippen molar-refractivity contribution in [3.8, 4) is 5.75 Å². The van der Waals surface area contributed by atoms with Crippen molar-refractivity contribution in [2.24, 2.45) is 0 Å². The van der Waals surface area contributed by atoms with Gasteiger partial charge in [0.2, 0.25) is 5.91 Å². The van der Waals surface area contributed by atoms with Crippen molar-refractivity contribution in [2.75, 3.05) is 26.7 Å². The summed E-state index contributed by atoms with van der Waals surface area (Å²) >= 11 is 0. The van der Waals surface area contributed by atoms with Crippen LogP contribution in [0.5, 0.6) is 5.75 Å². The maximum absolute atomic E-state index is 13.1. The number of nitrogens with zero attached hydrogens (tertiary/aromatic N) is 4. The van der Waals surface area contributed by atoms with Gasteiger partial charge in [-0.3, -0.25) is 9.59 Å². The number of likely N-dealkylation sites (tertiary alicyclic amines) is 1. The number of rotatable bonds is 7. The molecule has 0 bridgehead atoms. The van der Waals surface area contributed by atoms with Crippen LogP contribution in [0.2, 0.25) is 0 Å². The minimum Gasteiger partial charge on any atom is -0.497 e. The Labute approximate surface area is 184 Å². The van der Waals surface area contributed by atoms with Gasteiger partial charge < -0.3 is 14.5 Å². The van der Waals surface area contributed by atoms with Crippen LogP contribution in [0.1, 0.15) is 66.6 Å². The molecule has 0 aliphatic carbocycles. The molecule has 1 atom stereocenters. The molecule has 3 rings (SSSR count). The van der Waals surface area contributed by atoms with Crippen molar-refractivity contribution in [3.05, 3.63) is 53.1 Å². The van der Waals surface area contributed by atoms with E-state index in [4.69, 9.17) is 4.74 Å². The van der Waals surface area contributed by atoms with Crippen molar-refractivity contribution in [1.82, 2.24) is 19.8 Å². The zero-order valence-corrected chi connectivity index (χ0v) is 18.9. The maximum atomic E-state index is 13.1. The van der Waals surface area contributed by atoms with Gasteiger partial charge in [-0.05, 0) is 57.7 Å². The van der Waals surface area contributed by atoms with Gasteiger partial charge in [-0.25, -0.2) is 9.97 Å². The lowest BCUT2D eigenvalue weighted by Gasteiger charge is -2.35. The van der Waals surface area contributed by atoms with Crippen LogP contribution in [-0.2, 0) is 11.2 Å². The summed E-state index contributed by atoms with van der Waals surface area (Å²) in [7, 11) is 1.63. The molecule has 0 unspecified atom stereocenters. The topological polar surface area (TPSA) is 75.6 Å². The molecule has 2 aromatic rings. The Morgan fingerprint density at radius 1 is 1.16 bits per heavy atom. The number of hydrogen-bond donors (Lipinski definition) is 0. The van der Waals surface area contributed by atoms with E-state index < -0.39 is 0 Å². The Kier molecular flexibility index (Phi) is 7.60. The first kappa shape index (κ1) is 22.7. The Morgan fingerprint density at radius 3 is 2.48 bits per heavy atom. The van der Waals surface area contributed by atoms with Gasteiger partial charge in [0.05, 0.1) is 30.8 Å². The molecule has 31 heavy (non-hydrogen) atoms. The molecular formula is C24H32N4O3. The van der Waals surface area contributed by atoms with Crippen LogP contribution in [0.15, 0.2) is 30.5 Å². The highest BCUT2D eigenvalue weighted by atomic mass is 16.5. The first-order valence-electron chi connectivity index (χ1n) is 11.0. The molecule has 1 aliphatic heterocycles. The Morgan fingerprint density at radius 2 is 1.87 bits per heavy atom. The number of benzene rings is 1. The van der Waals surface area contributed by atoms with E-state index in [1.807, 2.05) is 49.9 Å². The molecule has 1 aromatic carbocycles. The number of aryl methyl sites for hydroxylation is 1. The summed E-state index contributed by atoms with van der Waals surface area (Å²) < 4.78 is 5.19. The molecule has 7 heteroatoms. The smallest absolute Gasteiger partial charge is 0.257 e. The second-order valence-electron chi connectivity index (χ2n) is 7.83. The summed E-state index contributed by atoms with van der Waals surface area (Å²) in [5.41, 5.74) is 2.14. The van der Waals surface area contributed by atoms with E-state index in [2.05, 4.69) is 9.97 Å². The SMILES string of the molecule is CCN(CC)C(=O)c1cnc([C@H]2CCCCN2C(=O)Cc2ccc(OC)cc2)nc1C. The highest BCUT2D eigenvalue weighted by Gasteiger charge is 2.30. The molecule has 0 N–H and O–H groups in total. The molecule has 7 nitrogen and oxygen atoms in total. The van der Waals surface area contributed by atoms with E-state index in [9.17, 15) is 9.59 Å². The number of methoxy groups -OCH3 is 1. The number of carbonyl (C=O) groups is 2. The van der Waals surface area contributed by atoms with Gasteiger partial charge in [-0.2, -0.15) is 0 Å². The van der Waals surface area contributed by atoms with Crippen molar-refractivity contribution in [2.45, 2.75) is 52.5 Å². The normalized spacial score (nSPS) is 16.1. The van der Waals surface area contributed by atoms with Crippen LogP contribution in [0, 0.1) is 6.92 Å². The van der Waals surface area contributed by atoms with Gasteiger partial charge in [0, 0.05) is 25.8 Å². The van der Waals surface area contributed by atoms with Crippen LogP contribution >= 0.6 is 0 Å². The van der Waals surface area contributed by atoms with E-state index in [1.165, 1.54) is 0 Å². The molecule has 0 saturated carbocycles. The van der Waals surface area contributed by atoms with Crippen LogP contribution < -0.4 is 4.74 Å². The zero-order chi connectivity index (χ0) is 22.4. The monoisotopic (exact) mass is 424 g/mol. The van der Waals surface area contributed by atoms with E-state index >= 15 is 0 Å². The number of amides is 2. The summed E-state index contributed by atoms with van der Waals surface area (Å²) in [6.45, 7) is 7.75. The van der Waals surface area contributed by atoms with E-state index in [1.54, 1.807) is 18.2 Å². The highest BCUT2D eigenvalue weighted by molar-refractivity contribution is 5.94. The largest absolute Gasteiger partial charge is 0.497 e. The summed E-state index contributed by atoms with van der Waals surface area (Å²) in [6.07, 6.45) is 4.79. The molecule has 1 fully saturated rings. The van der Waals surface area contributed by atoms with E-state index in [-0.39, 0.29) is 17.9 Å². The van der Waals surface area contributed by atoms with Gasteiger partial charge in [-0.15, -0.1) is 0 Å². The van der Waals surface area contributed by atoms with Gasteiger partial charge in [0.1, 0.15) is 5.75 Å². The van der Waals surface area contributed by atoms with Crippen LogP contribution in [-0.4, -0.2) is 58.3 Å². The predicted molar refractivity (Wildman–Crippen MR) is 119 cm³/mol. The van der Waals surface area contributed by atoms with Gasteiger partial charge in [-0.1, -0.05) is 12.1 Å². The number of carbonyl (C=O) groups excluding carboxylic acids is 2. The van der Waals surface area contributed by atoms with Crippen molar-refractivity contribution < 1.29 is 14.3 Å². The first-order valence-corrected chi connectivity index (χ1v) is 11.0. The quantitative estimate of drug-likeness (QED) is 0.679. The van der Waals surface area contributed by atoms with Crippen molar-refractivity contribution in [1.29, 1.82) is 0 Å². The van der Waals surface area contributed by atoms with Gasteiger partial charge in [0.15, 0.2) is 5.82 Å². The van der Waals surface area contributed by atoms with Gasteiger partial charge >= 0.3 is 0 Å². The summed E-state index contributed by atoms with van der Waals surface area (Å²) in [5.74, 6) is 1.41. The number of ether oxygens (including phenoxy) is 1. The molecule has 1 saturated heterocycles. The maximum Gasteiger partial charge on any atom is 0.257 e. The lowest BCUT2D eigenvalue weighted by atomic mass is 9.99. The molecule has 0 radical (unpaired) electrons. The lowest BCUT2D eigenvalue weighted by Crippen LogP contribution is -2.40. The molecule has 2 amide bonds. The summed E-state index contributed by atoms with van der Waals surface area (Å²) in [6, 6.07) is 7.42. The molecular weight excluding hydrogens is 392 g/mol. The fourth-order valence-electron chi connectivity index (χ4n) is 4.05. The third-order valence-electron chi connectivity index (χ3n) is 5.91. The molecule has 0 spiro atoms. The number of piperidine rings is 1. The summed E-state index contributed by atoms with van der Waals surface area (Å²) in [5, 5.41) is 0. The second kappa shape index (κ2) is 10.4. The number of aromatic nitrogens is 2. The minimum atomic E-state index is -0.157.